The molecule has 2 unspecified atom stereocenters. The Bertz CT molecular complexity index is 485. The largest absolute Gasteiger partial charge is 0.466 e. The highest BCUT2D eigenvalue weighted by atomic mass is 16.4. The highest BCUT2D eigenvalue weighted by Crippen LogP contribution is 2.21. The number of hydrogen-bond acceptors (Lipinski definition) is 4. The van der Waals surface area contributed by atoms with E-state index in [0.717, 1.165) is 25.6 Å². The molecule has 1 aromatic heterocycles. The fourth-order valence-corrected chi connectivity index (χ4v) is 2.99. The van der Waals surface area contributed by atoms with E-state index in [9.17, 15) is 5.11 Å². The Morgan fingerprint density at radius 1 is 1.48 bits per heavy atom. The van der Waals surface area contributed by atoms with Crippen LogP contribution in [0.15, 0.2) is 27.8 Å². The minimum atomic E-state index is -1.10. The Morgan fingerprint density at radius 3 is 2.96 bits per heavy atom. The Hall–Kier alpha value is -1.53. The lowest BCUT2D eigenvalue weighted by Crippen LogP contribution is -2.45. The van der Waals surface area contributed by atoms with Gasteiger partial charge >= 0.3 is 0 Å². The molecule has 23 heavy (non-hydrogen) atoms. The van der Waals surface area contributed by atoms with Crippen molar-refractivity contribution in [3.63, 3.8) is 0 Å². The van der Waals surface area contributed by atoms with Crippen LogP contribution >= 0.6 is 0 Å². The van der Waals surface area contributed by atoms with Crippen LogP contribution in [0.2, 0.25) is 0 Å². The smallest absolute Gasteiger partial charge is 0.191 e. The van der Waals surface area contributed by atoms with E-state index in [1.807, 2.05) is 6.92 Å². The van der Waals surface area contributed by atoms with Crippen molar-refractivity contribution in [3.8, 4) is 0 Å². The molecule has 0 bridgehead atoms. The number of rotatable bonds is 7. The topological polar surface area (TPSA) is 73.0 Å². The van der Waals surface area contributed by atoms with Crippen LogP contribution in [0.3, 0.4) is 0 Å². The van der Waals surface area contributed by atoms with E-state index in [1.54, 1.807) is 25.3 Å². The number of guanidine groups is 1. The van der Waals surface area contributed by atoms with Crippen LogP contribution in [-0.4, -0.2) is 54.7 Å². The van der Waals surface area contributed by atoms with Gasteiger partial charge in [0.15, 0.2) is 5.96 Å². The quantitative estimate of drug-likeness (QED) is 0.524. The molecular formula is C17H30N4O2. The van der Waals surface area contributed by atoms with Crippen molar-refractivity contribution in [2.75, 3.05) is 32.7 Å². The van der Waals surface area contributed by atoms with Gasteiger partial charge in [-0.2, -0.15) is 0 Å². The van der Waals surface area contributed by atoms with Gasteiger partial charge in [-0.05, 0) is 51.9 Å². The molecule has 0 spiro atoms. The first-order valence-electron chi connectivity index (χ1n) is 8.59. The maximum absolute atomic E-state index is 10.5. The Labute approximate surface area is 139 Å². The first-order chi connectivity index (χ1) is 11.1. The summed E-state index contributed by atoms with van der Waals surface area (Å²) in [6.45, 7) is 10.1. The van der Waals surface area contributed by atoms with E-state index < -0.39 is 5.60 Å². The zero-order chi connectivity index (χ0) is 16.7. The standard InChI is InChI=1S/C17H30N4O2/c1-4-18-16(19-12-14-8-6-10-21(14)5-2)20-13-17(3,22)15-9-7-11-23-15/h7,9,11,14,22H,4-6,8,10,12-13H2,1-3H3,(H2,18,19,20). The van der Waals surface area contributed by atoms with Gasteiger partial charge in [0, 0.05) is 19.1 Å². The van der Waals surface area contributed by atoms with Gasteiger partial charge in [0.1, 0.15) is 11.4 Å². The monoisotopic (exact) mass is 322 g/mol. The van der Waals surface area contributed by atoms with E-state index in [2.05, 4.69) is 27.4 Å². The third-order valence-electron chi connectivity index (χ3n) is 4.35. The van der Waals surface area contributed by atoms with Crippen molar-refractivity contribution in [2.24, 2.45) is 4.99 Å². The minimum Gasteiger partial charge on any atom is -0.466 e. The van der Waals surface area contributed by atoms with Crippen LogP contribution in [0.1, 0.15) is 39.4 Å². The molecule has 0 aromatic carbocycles. The summed E-state index contributed by atoms with van der Waals surface area (Å²) >= 11 is 0. The average Bonchev–Trinajstić information content (AvgIpc) is 3.20. The Morgan fingerprint density at radius 2 is 2.30 bits per heavy atom. The number of hydrogen-bond donors (Lipinski definition) is 3. The van der Waals surface area contributed by atoms with Crippen LogP contribution in [0.25, 0.3) is 0 Å². The van der Waals surface area contributed by atoms with Gasteiger partial charge in [-0.15, -0.1) is 0 Å². The van der Waals surface area contributed by atoms with Gasteiger partial charge in [0.05, 0.1) is 12.8 Å². The molecule has 1 aliphatic rings. The van der Waals surface area contributed by atoms with E-state index >= 15 is 0 Å². The Kier molecular flexibility index (Phi) is 6.47. The molecule has 1 aromatic rings. The van der Waals surface area contributed by atoms with Crippen molar-refractivity contribution in [3.05, 3.63) is 24.2 Å². The number of likely N-dealkylation sites (tertiary alicyclic amines) is 1. The molecule has 2 heterocycles. The van der Waals surface area contributed by atoms with Crippen LogP contribution < -0.4 is 10.6 Å². The number of aliphatic hydroxyl groups is 1. The van der Waals surface area contributed by atoms with Crippen LogP contribution in [-0.2, 0) is 5.60 Å². The maximum atomic E-state index is 10.5. The second-order valence-corrected chi connectivity index (χ2v) is 6.25. The van der Waals surface area contributed by atoms with Crippen LogP contribution in [0.4, 0.5) is 0 Å². The summed E-state index contributed by atoms with van der Waals surface area (Å²) in [6, 6.07) is 4.11. The second-order valence-electron chi connectivity index (χ2n) is 6.25. The van der Waals surface area contributed by atoms with Crippen LogP contribution in [0.5, 0.6) is 0 Å². The molecule has 1 saturated heterocycles. The molecule has 6 nitrogen and oxygen atoms in total. The van der Waals surface area contributed by atoms with Gasteiger partial charge in [-0.25, -0.2) is 4.99 Å². The van der Waals surface area contributed by atoms with Crippen molar-refractivity contribution in [1.29, 1.82) is 0 Å². The number of furan rings is 1. The van der Waals surface area contributed by atoms with Crippen LogP contribution in [0, 0.1) is 0 Å². The van der Waals surface area contributed by atoms with E-state index in [0.29, 0.717) is 11.8 Å². The first kappa shape index (κ1) is 17.8. The second kappa shape index (κ2) is 8.36. The third kappa shape index (κ3) is 4.97. The van der Waals surface area contributed by atoms with Crippen molar-refractivity contribution in [1.82, 2.24) is 15.5 Å². The van der Waals surface area contributed by atoms with E-state index in [1.165, 1.54) is 19.4 Å². The summed E-state index contributed by atoms with van der Waals surface area (Å²) in [4.78, 5) is 7.01. The van der Waals surface area contributed by atoms with E-state index in [-0.39, 0.29) is 6.54 Å². The van der Waals surface area contributed by atoms with Crippen molar-refractivity contribution in [2.45, 2.75) is 45.3 Å². The lowest BCUT2D eigenvalue weighted by atomic mass is 10.0. The molecular weight excluding hydrogens is 292 g/mol. The molecule has 1 fully saturated rings. The third-order valence-corrected chi connectivity index (χ3v) is 4.35. The van der Waals surface area contributed by atoms with Gasteiger partial charge in [0.2, 0.25) is 0 Å². The number of likely N-dealkylation sites (N-methyl/N-ethyl adjacent to an activating group) is 1. The lowest BCUT2D eigenvalue weighted by molar-refractivity contribution is 0.0437. The number of nitrogens with zero attached hydrogens (tertiary/aromatic N) is 2. The summed E-state index contributed by atoms with van der Waals surface area (Å²) in [5.41, 5.74) is -1.10. The highest BCUT2D eigenvalue weighted by Gasteiger charge is 2.26. The van der Waals surface area contributed by atoms with Gasteiger partial charge in [0.25, 0.3) is 0 Å². The normalized spacial score (nSPS) is 22.1. The number of aliphatic imine (C=N–C) groups is 1. The summed E-state index contributed by atoms with van der Waals surface area (Å²) < 4.78 is 5.29. The van der Waals surface area contributed by atoms with Gasteiger partial charge < -0.3 is 20.2 Å². The molecule has 1 aliphatic heterocycles. The fraction of sp³-hybridized carbons (Fsp3) is 0.706. The molecule has 130 valence electrons. The predicted octanol–water partition coefficient (Wildman–Crippen LogP) is 1.53. The molecule has 0 amide bonds. The summed E-state index contributed by atoms with van der Waals surface area (Å²) in [5, 5.41) is 17.1. The summed E-state index contributed by atoms with van der Waals surface area (Å²) in [7, 11) is 0. The van der Waals surface area contributed by atoms with Crippen molar-refractivity contribution < 1.29 is 9.52 Å². The highest BCUT2D eigenvalue weighted by molar-refractivity contribution is 5.79. The molecule has 0 aliphatic carbocycles. The van der Waals surface area contributed by atoms with Crippen molar-refractivity contribution >= 4 is 5.96 Å². The zero-order valence-electron chi connectivity index (χ0n) is 14.5. The predicted molar refractivity (Wildman–Crippen MR) is 92.5 cm³/mol. The molecule has 2 rings (SSSR count). The lowest BCUT2D eigenvalue weighted by Gasteiger charge is -2.24. The summed E-state index contributed by atoms with van der Waals surface area (Å²) in [5.74, 6) is 1.27. The van der Waals surface area contributed by atoms with Gasteiger partial charge in [-0.3, -0.25) is 4.90 Å². The number of nitrogens with one attached hydrogen (secondary N) is 2. The Balaban J connectivity index is 1.92. The van der Waals surface area contributed by atoms with E-state index in [4.69, 9.17) is 4.42 Å². The zero-order valence-corrected chi connectivity index (χ0v) is 14.5. The SMILES string of the molecule is CCNC(=NCC(C)(O)c1ccco1)NCC1CCCN1CC. The minimum absolute atomic E-state index is 0.248. The average molecular weight is 322 g/mol. The summed E-state index contributed by atoms with van der Waals surface area (Å²) in [6.07, 6.45) is 4.06. The molecule has 3 N–H and O–H groups in total. The van der Waals surface area contributed by atoms with Gasteiger partial charge in [-0.1, -0.05) is 6.92 Å². The maximum Gasteiger partial charge on any atom is 0.191 e. The molecule has 6 heteroatoms. The molecule has 2 atom stereocenters. The fourth-order valence-electron chi connectivity index (χ4n) is 2.99. The molecule has 0 saturated carbocycles. The first-order valence-corrected chi connectivity index (χ1v) is 8.59. The molecule has 0 radical (unpaired) electrons.